The van der Waals surface area contributed by atoms with E-state index in [1.807, 2.05) is 0 Å². The second kappa shape index (κ2) is 38.2. The molecular formula is C46H89NO7. The Hall–Kier alpha value is -1.67. The Morgan fingerprint density at radius 1 is 0.481 bits per heavy atom. The Labute approximate surface area is 334 Å². The van der Waals surface area contributed by atoms with E-state index in [4.69, 9.17) is 14.2 Å². The van der Waals surface area contributed by atoms with Crippen molar-refractivity contribution in [2.75, 3.05) is 41.0 Å². The van der Waals surface area contributed by atoms with Crippen molar-refractivity contribution < 1.29 is 38.2 Å². The molecule has 0 spiro atoms. The maximum atomic E-state index is 12.7. The van der Waals surface area contributed by atoms with Crippen molar-refractivity contribution in [3.8, 4) is 0 Å². The van der Waals surface area contributed by atoms with E-state index in [0.29, 0.717) is 12.8 Å². The lowest BCUT2D eigenvalue weighted by molar-refractivity contribution is -0.889. The molecule has 0 radical (unpaired) electrons. The first-order valence-corrected chi connectivity index (χ1v) is 23.1. The van der Waals surface area contributed by atoms with Crippen LogP contribution in [0.4, 0.5) is 0 Å². The van der Waals surface area contributed by atoms with Crippen LogP contribution < -0.4 is 5.11 Å². The highest BCUT2D eigenvalue weighted by molar-refractivity contribution is 5.70. The van der Waals surface area contributed by atoms with Crippen LogP contribution in [-0.2, 0) is 28.6 Å². The lowest BCUT2D eigenvalue weighted by atomic mass is 10.0. The number of quaternary nitrogens is 1. The van der Waals surface area contributed by atoms with Crippen LogP contribution in [0.5, 0.6) is 0 Å². The van der Waals surface area contributed by atoms with Crippen molar-refractivity contribution in [3.05, 3.63) is 0 Å². The van der Waals surface area contributed by atoms with Crippen LogP contribution in [-0.4, -0.2) is 75.5 Å². The summed E-state index contributed by atoms with van der Waals surface area (Å²) in [5, 5.41) is 11.6. The molecule has 0 aromatic heterocycles. The van der Waals surface area contributed by atoms with Crippen molar-refractivity contribution in [1.29, 1.82) is 0 Å². The molecule has 0 heterocycles. The molecule has 0 saturated heterocycles. The van der Waals surface area contributed by atoms with Gasteiger partial charge in [-0.2, -0.15) is 0 Å². The third kappa shape index (κ3) is 36.0. The number of nitrogens with zero attached hydrogens (tertiary/aromatic N) is 1. The van der Waals surface area contributed by atoms with E-state index in [0.717, 1.165) is 38.5 Å². The number of hydrogen-bond donors (Lipinski definition) is 0. The molecule has 0 fully saturated rings. The van der Waals surface area contributed by atoms with Gasteiger partial charge >= 0.3 is 11.9 Å². The van der Waals surface area contributed by atoms with Crippen LogP contribution in [0.25, 0.3) is 0 Å². The number of aliphatic carboxylic acids is 1. The van der Waals surface area contributed by atoms with Gasteiger partial charge in [-0.25, -0.2) is 0 Å². The topological polar surface area (TPSA) is 102 Å². The number of carbonyl (C=O) groups is 3. The number of esters is 2. The summed E-state index contributed by atoms with van der Waals surface area (Å²) in [5.41, 5.74) is 0. The molecule has 0 aromatic carbocycles. The standard InChI is InChI=1S/C46H89NO7/c1-6-8-10-12-14-16-18-19-20-21-22-23-24-25-26-27-29-30-32-34-36-44(48)53-41-42(40-52-39-38-43(46(50)51)47(3,4)5)54-45(49)37-35-33-31-28-17-15-13-11-9-7-2/h42-43H,6-41H2,1-5H3. The van der Waals surface area contributed by atoms with Crippen molar-refractivity contribution in [2.45, 2.75) is 238 Å². The first-order chi connectivity index (χ1) is 26.1. The fraction of sp³-hybridized carbons (Fsp3) is 0.935. The highest BCUT2D eigenvalue weighted by Gasteiger charge is 2.25. The number of likely N-dealkylation sites (N-methyl/N-ethyl adjacent to an activating group) is 1. The second-order valence-electron chi connectivity index (χ2n) is 17.0. The Morgan fingerprint density at radius 3 is 1.15 bits per heavy atom. The summed E-state index contributed by atoms with van der Waals surface area (Å²) in [6.07, 6.45) is 38.4. The number of ether oxygens (including phenoxy) is 3. The molecule has 2 unspecified atom stereocenters. The molecule has 0 rings (SSSR count). The minimum Gasteiger partial charge on any atom is -0.544 e. The molecule has 8 heteroatoms. The summed E-state index contributed by atoms with van der Waals surface area (Å²) >= 11 is 0. The summed E-state index contributed by atoms with van der Waals surface area (Å²) in [6.45, 7) is 4.69. The molecular weight excluding hydrogens is 679 g/mol. The SMILES string of the molecule is CCCCCCCCCCCCCCCCCCCCCCC(=O)OCC(COCCC(C(=O)[O-])[N+](C)(C)C)OC(=O)CCCCCCCCCCCC. The molecule has 0 amide bonds. The van der Waals surface area contributed by atoms with Crippen molar-refractivity contribution in [1.82, 2.24) is 0 Å². The smallest absolute Gasteiger partial charge is 0.306 e. The maximum absolute atomic E-state index is 12.7. The molecule has 0 aliphatic carbocycles. The fourth-order valence-electron chi connectivity index (χ4n) is 7.13. The Bertz CT molecular complexity index is 858. The zero-order valence-electron chi connectivity index (χ0n) is 36.4. The van der Waals surface area contributed by atoms with Crippen molar-refractivity contribution in [2.24, 2.45) is 0 Å². The summed E-state index contributed by atoms with van der Waals surface area (Å²) < 4.78 is 17.2. The van der Waals surface area contributed by atoms with Crippen LogP contribution in [0, 0.1) is 0 Å². The van der Waals surface area contributed by atoms with E-state index < -0.39 is 18.1 Å². The predicted molar refractivity (Wildman–Crippen MR) is 222 cm³/mol. The number of unbranched alkanes of at least 4 members (excludes halogenated alkanes) is 28. The van der Waals surface area contributed by atoms with Gasteiger partial charge in [0, 0.05) is 19.3 Å². The summed E-state index contributed by atoms with van der Waals surface area (Å²) in [7, 11) is 5.42. The predicted octanol–water partition coefficient (Wildman–Crippen LogP) is 11.2. The quantitative estimate of drug-likeness (QED) is 0.0346. The van der Waals surface area contributed by atoms with Gasteiger partial charge in [-0.15, -0.1) is 0 Å². The second-order valence-corrected chi connectivity index (χ2v) is 17.0. The summed E-state index contributed by atoms with van der Waals surface area (Å²) in [6, 6.07) is -0.718. The average molecular weight is 768 g/mol. The van der Waals surface area contributed by atoms with E-state index in [9.17, 15) is 19.5 Å². The van der Waals surface area contributed by atoms with Gasteiger partial charge in [-0.05, 0) is 12.8 Å². The third-order valence-corrected chi connectivity index (χ3v) is 10.7. The lowest BCUT2D eigenvalue weighted by Crippen LogP contribution is -2.55. The maximum Gasteiger partial charge on any atom is 0.306 e. The number of hydrogen-bond acceptors (Lipinski definition) is 7. The minimum atomic E-state index is -1.12. The molecule has 0 aliphatic rings. The first kappa shape index (κ1) is 52.3. The number of carboxylic acid groups (broad SMARTS) is 1. The molecule has 0 aliphatic heterocycles. The van der Waals surface area contributed by atoms with Crippen LogP contribution in [0.15, 0.2) is 0 Å². The van der Waals surface area contributed by atoms with Crippen LogP contribution in [0.2, 0.25) is 0 Å². The molecule has 0 bridgehead atoms. The Balaban J connectivity index is 4.16. The molecule has 2 atom stereocenters. The van der Waals surface area contributed by atoms with Gasteiger partial charge in [0.1, 0.15) is 12.6 Å². The zero-order chi connectivity index (χ0) is 40.0. The monoisotopic (exact) mass is 768 g/mol. The summed E-state index contributed by atoms with van der Waals surface area (Å²) in [5.74, 6) is -1.72. The average Bonchev–Trinajstić information content (AvgIpc) is 3.12. The molecule has 0 saturated carbocycles. The highest BCUT2D eigenvalue weighted by Crippen LogP contribution is 2.16. The van der Waals surface area contributed by atoms with E-state index in [2.05, 4.69) is 13.8 Å². The molecule has 0 aromatic rings. The molecule has 8 nitrogen and oxygen atoms in total. The minimum absolute atomic E-state index is 0.0489. The molecule has 54 heavy (non-hydrogen) atoms. The third-order valence-electron chi connectivity index (χ3n) is 10.7. The number of carbonyl (C=O) groups excluding carboxylic acids is 3. The van der Waals surface area contributed by atoms with Crippen LogP contribution in [0.3, 0.4) is 0 Å². The Kier molecular flexibility index (Phi) is 37.0. The van der Waals surface area contributed by atoms with Gasteiger partial charge in [-0.3, -0.25) is 9.59 Å². The summed E-state index contributed by atoms with van der Waals surface area (Å²) in [4.78, 5) is 36.8. The van der Waals surface area contributed by atoms with Gasteiger partial charge in [0.25, 0.3) is 0 Å². The van der Waals surface area contributed by atoms with Gasteiger partial charge in [-0.1, -0.05) is 194 Å². The van der Waals surface area contributed by atoms with E-state index in [-0.39, 0.29) is 42.7 Å². The number of carboxylic acids is 1. The van der Waals surface area contributed by atoms with Gasteiger partial charge in [0.2, 0.25) is 0 Å². The largest absolute Gasteiger partial charge is 0.544 e. The first-order valence-electron chi connectivity index (χ1n) is 23.1. The van der Waals surface area contributed by atoms with Gasteiger partial charge in [0.15, 0.2) is 6.10 Å². The lowest BCUT2D eigenvalue weighted by Gasteiger charge is -2.34. The van der Waals surface area contributed by atoms with Gasteiger partial charge < -0.3 is 28.6 Å². The zero-order valence-corrected chi connectivity index (χ0v) is 36.4. The normalized spacial score (nSPS) is 12.8. The van der Waals surface area contributed by atoms with E-state index in [1.54, 1.807) is 21.1 Å². The fourth-order valence-corrected chi connectivity index (χ4v) is 7.13. The molecule has 0 N–H and O–H groups in total. The highest BCUT2D eigenvalue weighted by atomic mass is 16.6. The van der Waals surface area contributed by atoms with Gasteiger partial charge in [0.05, 0.1) is 40.3 Å². The van der Waals surface area contributed by atoms with Crippen LogP contribution in [0.1, 0.15) is 226 Å². The number of rotatable bonds is 42. The van der Waals surface area contributed by atoms with Crippen molar-refractivity contribution >= 4 is 17.9 Å². The molecule has 320 valence electrons. The van der Waals surface area contributed by atoms with E-state index >= 15 is 0 Å². The van der Waals surface area contributed by atoms with E-state index in [1.165, 1.54) is 154 Å². The van der Waals surface area contributed by atoms with Crippen molar-refractivity contribution in [3.63, 3.8) is 0 Å². The Morgan fingerprint density at radius 2 is 0.815 bits per heavy atom. The van der Waals surface area contributed by atoms with Crippen LogP contribution >= 0.6 is 0 Å².